The van der Waals surface area contributed by atoms with Gasteiger partial charge in [-0.05, 0) is 44.7 Å². The highest BCUT2D eigenvalue weighted by molar-refractivity contribution is 5.96. The van der Waals surface area contributed by atoms with Crippen LogP contribution >= 0.6 is 0 Å². The van der Waals surface area contributed by atoms with Crippen LogP contribution in [-0.2, 0) is 9.59 Å². The van der Waals surface area contributed by atoms with E-state index in [1.165, 1.54) is 12.8 Å². The summed E-state index contributed by atoms with van der Waals surface area (Å²) in [4.78, 5) is 41.2. The number of aryl methyl sites for hydroxylation is 1. The molecule has 0 bridgehead atoms. The summed E-state index contributed by atoms with van der Waals surface area (Å²) in [6.07, 6.45) is 6.06. The van der Waals surface area contributed by atoms with Crippen molar-refractivity contribution in [2.75, 3.05) is 32.7 Å². The Morgan fingerprint density at radius 2 is 1.64 bits per heavy atom. The molecular weight excluding hydrogens is 354 g/mol. The van der Waals surface area contributed by atoms with E-state index in [2.05, 4.69) is 5.32 Å². The second-order valence-electron chi connectivity index (χ2n) is 7.95. The number of hydrogen-bond donors (Lipinski definition) is 1. The van der Waals surface area contributed by atoms with E-state index in [9.17, 15) is 14.4 Å². The highest BCUT2D eigenvalue weighted by Gasteiger charge is 2.30. The fourth-order valence-electron chi connectivity index (χ4n) is 4.08. The lowest BCUT2D eigenvalue weighted by molar-refractivity contribution is -0.140. The first kappa shape index (κ1) is 20.4. The van der Waals surface area contributed by atoms with Gasteiger partial charge in [-0.2, -0.15) is 0 Å². The molecule has 0 spiro atoms. The molecule has 2 aliphatic rings. The van der Waals surface area contributed by atoms with Crippen molar-refractivity contribution in [1.82, 2.24) is 15.1 Å². The summed E-state index contributed by atoms with van der Waals surface area (Å²) in [7, 11) is 0. The Hall–Kier alpha value is -2.37. The summed E-state index contributed by atoms with van der Waals surface area (Å²) in [5, 5.41) is 2.71. The van der Waals surface area contributed by atoms with Gasteiger partial charge in [0.05, 0.1) is 6.54 Å². The first-order valence-electron chi connectivity index (χ1n) is 10.5. The number of carbonyl (C=O) groups is 3. The molecule has 6 nitrogen and oxygen atoms in total. The molecule has 28 heavy (non-hydrogen) atoms. The number of amides is 3. The molecule has 6 heteroatoms. The maximum atomic E-state index is 12.7. The Kier molecular flexibility index (Phi) is 7.06. The Labute approximate surface area is 167 Å². The molecule has 2 fully saturated rings. The van der Waals surface area contributed by atoms with Crippen molar-refractivity contribution in [3.63, 3.8) is 0 Å². The monoisotopic (exact) mass is 385 g/mol. The van der Waals surface area contributed by atoms with Crippen molar-refractivity contribution in [2.24, 2.45) is 5.92 Å². The Bertz CT molecular complexity index is 703. The molecule has 0 aromatic heterocycles. The van der Waals surface area contributed by atoms with E-state index in [-0.39, 0.29) is 30.2 Å². The van der Waals surface area contributed by atoms with E-state index in [1.54, 1.807) is 17.0 Å². The third kappa shape index (κ3) is 5.33. The zero-order valence-corrected chi connectivity index (χ0v) is 16.8. The Morgan fingerprint density at radius 3 is 2.29 bits per heavy atom. The molecule has 0 unspecified atom stereocenters. The van der Waals surface area contributed by atoms with Gasteiger partial charge >= 0.3 is 0 Å². The van der Waals surface area contributed by atoms with Crippen LogP contribution in [0, 0.1) is 12.8 Å². The van der Waals surface area contributed by atoms with E-state index in [1.807, 2.05) is 24.0 Å². The smallest absolute Gasteiger partial charge is 0.251 e. The van der Waals surface area contributed by atoms with Crippen LogP contribution in [0.2, 0.25) is 0 Å². The highest BCUT2D eigenvalue weighted by Crippen LogP contribution is 2.21. The average molecular weight is 386 g/mol. The summed E-state index contributed by atoms with van der Waals surface area (Å²) >= 11 is 0. The summed E-state index contributed by atoms with van der Waals surface area (Å²) in [6, 6.07) is 7.31. The van der Waals surface area contributed by atoms with Gasteiger partial charge in [0, 0.05) is 37.7 Å². The van der Waals surface area contributed by atoms with Crippen molar-refractivity contribution in [2.45, 2.75) is 45.4 Å². The topological polar surface area (TPSA) is 69.7 Å². The number of likely N-dealkylation sites (tertiary alicyclic amines) is 2. The van der Waals surface area contributed by atoms with Crippen molar-refractivity contribution >= 4 is 17.7 Å². The predicted octanol–water partition coefficient (Wildman–Crippen LogP) is 2.37. The number of hydrogen-bond acceptors (Lipinski definition) is 3. The minimum Gasteiger partial charge on any atom is -0.343 e. The fraction of sp³-hybridized carbons (Fsp3) is 0.591. The maximum Gasteiger partial charge on any atom is 0.251 e. The van der Waals surface area contributed by atoms with E-state index in [4.69, 9.17) is 0 Å². The molecule has 0 saturated carbocycles. The maximum absolute atomic E-state index is 12.7. The molecule has 0 aliphatic carbocycles. The third-order valence-corrected chi connectivity index (χ3v) is 5.80. The average Bonchev–Trinajstić information content (AvgIpc) is 3.01. The molecule has 152 valence electrons. The quantitative estimate of drug-likeness (QED) is 0.865. The summed E-state index contributed by atoms with van der Waals surface area (Å²) in [6.45, 7) is 4.86. The van der Waals surface area contributed by atoms with Crippen LogP contribution in [-0.4, -0.2) is 60.2 Å². The molecule has 2 saturated heterocycles. The van der Waals surface area contributed by atoms with E-state index >= 15 is 0 Å². The molecule has 3 amide bonds. The van der Waals surface area contributed by atoms with Crippen LogP contribution in [0.5, 0.6) is 0 Å². The van der Waals surface area contributed by atoms with Crippen LogP contribution in [0.25, 0.3) is 0 Å². The second-order valence-corrected chi connectivity index (χ2v) is 7.95. The first-order chi connectivity index (χ1) is 13.5. The lowest BCUT2D eigenvalue weighted by Gasteiger charge is -2.34. The van der Waals surface area contributed by atoms with Crippen LogP contribution in [0.3, 0.4) is 0 Å². The minimum atomic E-state index is -0.233. The standard InChI is InChI=1S/C22H31N3O3/c1-17-7-6-8-19(15-17)21(27)23-16-20(26)24-13-9-18(10-14-24)22(28)25-11-4-2-3-5-12-25/h6-8,15,18H,2-5,9-14,16H2,1H3,(H,23,27). The van der Waals surface area contributed by atoms with Crippen LogP contribution in [0.4, 0.5) is 0 Å². The van der Waals surface area contributed by atoms with Gasteiger partial charge in [-0.25, -0.2) is 0 Å². The van der Waals surface area contributed by atoms with Gasteiger partial charge in [0.15, 0.2) is 0 Å². The lowest BCUT2D eigenvalue weighted by Crippen LogP contribution is -2.47. The molecule has 2 aliphatic heterocycles. The van der Waals surface area contributed by atoms with Gasteiger partial charge in [-0.3, -0.25) is 14.4 Å². The van der Waals surface area contributed by atoms with Gasteiger partial charge in [-0.15, -0.1) is 0 Å². The largest absolute Gasteiger partial charge is 0.343 e. The van der Waals surface area contributed by atoms with Gasteiger partial charge in [0.25, 0.3) is 5.91 Å². The Morgan fingerprint density at radius 1 is 0.964 bits per heavy atom. The van der Waals surface area contributed by atoms with Crippen molar-refractivity contribution < 1.29 is 14.4 Å². The van der Waals surface area contributed by atoms with Crippen molar-refractivity contribution in [1.29, 1.82) is 0 Å². The molecule has 1 aromatic rings. The number of benzene rings is 1. The van der Waals surface area contributed by atoms with Crippen LogP contribution in [0.15, 0.2) is 24.3 Å². The zero-order chi connectivity index (χ0) is 19.9. The number of nitrogens with one attached hydrogen (secondary N) is 1. The van der Waals surface area contributed by atoms with Gasteiger partial charge < -0.3 is 15.1 Å². The van der Waals surface area contributed by atoms with Crippen molar-refractivity contribution in [3.8, 4) is 0 Å². The van der Waals surface area contributed by atoms with E-state index in [0.717, 1.165) is 31.5 Å². The van der Waals surface area contributed by atoms with Crippen LogP contribution in [0.1, 0.15) is 54.4 Å². The first-order valence-corrected chi connectivity index (χ1v) is 10.5. The summed E-state index contributed by atoms with van der Waals surface area (Å²) < 4.78 is 0. The SMILES string of the molecule is Cc1cccc(C(=O)NCC(=O)N2CCC(C(=O)N3CCCCCC3)CC2)c1. The number of piperidine rings is 1. The lowest BCUT2D eigenvalue weighted by atomic mass is 9.95. The molecular formula is C22H31N3O3. The molecule has 0 radical (unpaired) electrons. The highest BCUT2D eigenvalue weighted by atomic mass is 16.2. The van der Waals surface area contributed by atoms with E-state index < -0.39 is 0 Å². The van der Waals surface area contributed by atoms with Gasteiger partial charge in [-0.1, -0.05) is 30.5 Å². The van der Waals surface area contributed by atoms with Gasteiger partial charge in [0.1, 0.15) is 0 Å². The minimum absolute atomic E-state index is 0.00247. The summed E-state index contributed by atoms with van der Waals surface area (Å²) in [5.74, 6) is -0.0178. The molecule has 3 rings (SSSR count). The zero-order valence-electron chi connectivity index (χ0n) is 16.8. The number of carbonyl (C=O) groups excluding carboxylic acids is 3. The molecule has 1 N–H and O–H groups in total. The number of nitrogens with zero attached hydrogens (tertiary/aromatic N) is 2. The second kappa shape index (κ2) is 9.71. The van der Waals surface area contributed by atoms with Gasteiger partial charge in [0.2, 0.25) is 11.8 Å². The third-order valence-electron chi connectivity index (χ3n) is 5.80. The fourth-order valence-corrected chi connectivity index (χ4v) is 4.08. The summed E-state index contributed by atoms with van der Waals surface area (Å²) in [5.41, 5.74) is 1.57. The number of rotatable bonds is 4. The van der Waals surface area contributed by atoms with Crippen LogP contribution < -0.4 is 5.32 Å². The van der Waals surface area contributed by atoms with E-state index in [0.29, 0.717) is 31.5 Å². The molecule has 0 atom stereocenters. The Balaban J connectivity index is 1.43. The molecule has 1 aromatic carbocycles. The predicted molar refractivity (Wildman–Crippen MR) is 108 cm³/mol. The van der Waals surface area contributed by atoms with Crippen molar-refractivity contribution in [3.05, 3.63) is 35.4 Å². The normalized spacial score (nSPS) is 18.5. The molecule has 2 heterocycles.